The summed E-state index contributed by atoms with van der Waals surface area (Å²) in [6, 6.07) is 1.62. The van der Waals surface area contributed by atoms with Crippen LogP contribution < -0.4 is 10.2 Å². The van der Waals surface area contributed by atoms with Gasteiger partial charge in [0.25, 0.3) is 0 Å². The zero-order valence-corrected chi connectivity index (χ0v) is 18.6. The number of nitrogens with zero attached hydrogens (tertiary/aromatic N) is 1. The number of thiophene rings is 1. The summed E-state index contributed by atoms with van der Waals surface area (Å²) >= 11 is 1.04. The first-order valence-corrected chi connectivity index (χ1v) is 10.8. The Morgan fingerprint density at radius 3 is 2.38 bits per heavy atom. The van der Waals surface area contributed by atoms with E-state index < -0.39 is 5.97 Å². The van der Waals surface area contributed by atoms with Crippen LogP contribution in [0.15, 0.2) is 6.07 Å². The van der Waals surface area contributed by atoms with Gasteiger partial charge in [-0.1, -0.05) is 18.8 Å². The Hall–Kier alpha value is -2.33. The highest BCUT2D eigenvalue weighted by Gasteiger charge is 2.32. The molecule has 1 aliphatic carbocycles. The van der Waals surface area contributed by atoms with Crippen molar-refractivity contribution in [1.82, 2.24) is 5.32 Å². The van der Waals surface area contributed by atoms with Crippen LogP contribution in [0.2, 0.25) is 0 Å². The van der Waals surface area contributed by atoms with Crippen molar-refractivity contribution >= 4 is 34.8 Å². The summed E-state index contributed by atoms with van der Waals surface area (Å²) in [6.45, 7) is 7.88. The van der Waals surface area contributed by atoms with Crippen molar-refractivity contribution in [3.05, 3.63) is 15.8 Å². The van der Waals surface area contributed by atoms with Gasteiger partial charge in [0.2, 0.25) is 11.8 Å². The summed E-state index contributed by atoms with van der Waals surface area (Å²) in [4.78, 5) is 39.2. The van der Waals surface area contributed by atoms with Gasteiger partial charge in [-0.05, 0) is 58.4 Å². The van der Waals surface area contributed by atoms with Crippen LogP contribution >= 0.6 is 11.3 Å². The molecule has 1 fully saturated rings. The minimum Gasteiger partial charge on any atom is -0.477 e. The fraction of sp³-hybridized carbons (Fsp3) is 0.591. The Bertz CT molecular complexity index is 833. The van der Waals surface area contributed by atoms with Crippen molar-refractivity contribution in [3.8, 4) is 11.8 Å². The van der Waals surface area contributed by atoms with Gasteiger partial charge in [0.05, 0.1) is 10.6 Å². The lowest BCUT2D eigenvalue weighted by Gasteiger charge is -2.30. The van der Waals surface area contributed by atoms with Crippen molar-refractivity contribution in [2.24, 2.45) is 17.3 Å². The molecule has 0 aliphatic heterocycles. The third kappa shape index (κ3) is 6.33. The molecule has 6 nitrogen and oxygen atoms in total. The summed E-state index contributed by atoms with van der Waals surface area (Å²) in [7, 11) is 1.50. The van der Waals surface area contributed by atoms with Crippen LogP contribution in [0.1, 0.15) is 67.9 Å². The number of carbonyl (C=O) groups excluding carboxylic acids is 2. The summed E-state index contributed by atoms with van der Waals surface area (Å²) in [5.41, 5.74) is 0.0251. The highest BCUT2D eigenvalue weighted by atomic mass is 32.1. The smallest absolute Gasteiger partial charge is 0.348 e. The number of nitrogens with one attached hydrogen (secondary N) is 1. The predicted molar refractivity (Wildman–Crippen MR) is 115 cm³/mol. The second-order valence-electron chi connectivity index (χ2n) is 8.68. The maximum absolute atomic E-state index is 13.3. The van der Waals surface area contributed by atoms with Crippen LogP contribution in [0.4, 0.5) is 5.69 Å². The average molecular weight is 419 g/mol. The van der Waals surface area contributed by atoms with Crippen molar-refractivity contribution in [3.63, 3.8) is 0 Å². The Morgan fingerprint density at radius 1 is 1.24 bits per heavy atom. The first-order valence-electron chi connectivity index (χ1n) is 9.94. The van der Waals surface area contributed by atoms with E-state index in [0.717, 1.165) is 37.0 Å². The number of carbonyl (C=O) groups is 3. The minimum atomic E-state index is -1.12. The van der Waals surface area contributed by atoms with Crippen molar-refractivity contribution < 1.29 is 19.5 Å². The second kappa shape index (κ2) is 9.45. The number of aromatic carboxylic acids is 1. The van der Waals surface area contributed by atoms with Gasteiger partial charge >= 0.3 is 5.97 Å². The molecule has 2 amide bonds. The molecule has 7 heteroatoms. The predicted octanol–water partition coefficient (Wildman–Crippen LogP) is 3.75. The molecular formula is C22H30N2O4S. The van der Waals surface area contributed by atoms with E-state index in [1.807, 2.05) is 20.8 Å². The summed E-state index contributed by atoms with van der Waals surface area (Å²) < 4.78 is 0. The van der Waals surface area contributed by atoms with E-state index in [9.17, 15) is 19.5 Å². The molecular weight excluding hydrogens is 388 g/mol. The molecule has 0 unspecified atom stereocenters. The van der Waals surface area contributed by atoms with Crippen LogP contribution in [0.5, 0.6) is 0 Å². The zero-order valence-electron chi connectivity index (χ0n) is 17.8. The van der Waals surface area contributed by atoms with Gasteiger partial charge in [-0.15, -0.1) is 11.3 Å². The first kappa shape index (κ1) is 23.0. The molecule has 1 saturated carbocycles. The molecule has 0 saturated heterocycles. The molecule has 2 rings (SSSR count). The number of hydrogen-bond acceptors (Lipinski definition) is 4. The SMILES string of the molecule is CNC(=O)CN(C(=O)C1CCC(C)CC1)c1cc(C#CC(C)(C)C)sc1C(=O)O. The molecule has 0 radical (unpaired) electrons. The molecule has 2 N–H and O–H groups in total. The second-order valence-corrected chi connectivity index (χ2v) is 9.74. The van der Waals surface area contributed by atoms with Gasteiger partial charge in [0, 0.05) is 18.4 Å². The summed E-state index contributed by atoms with van der Waals surface area (Å²) in [6.07, 6.45) is 3.44. The average Bonchev–Trinajstić information content (AvgIpc) is 3.08. The van der Waals surface area contributed by atoms with Gasteiger partial charge in [-0.2, -0.15) is 0 Å². The quantitative estimate of drug-likeness (QED) is 0.713. The monoisotopic (exact) mass is 418 g/mol. The fourth-order valence-electron chi connectivity index (χ4n) is 3.28. The first-order chi connectivity index (χ1) is 13.5. The van der Waals surface area contributed by atoms with Gasteiger partial charge in [0.15, 0.2) is 0 Å². The molecule has 1 heterocycles. The van der Waals surface area contributed by atoms with Crippen LogP contribution in [-0.2, 0) is 9.59 Å². The van der Waals surface area contributed by atoms with Crippen molar-refractivity contribution in [2.45, 2.75) is 53.4 Å². The molecule has 0 spiro atoms. The van der Waals surface area contributed by atoms with Crippen molar-refractivity contribution in [2.75, 3.05) is 18.5 Å². The maximum Gasteiger partial charge on any atom is 0.348 e. The molecule has 0 atom stereocenters. The zero-order chi connectivity index (χ0) is 21.8. The van der Waals surface area contributed by atoms with E-state index in [0.29, 0.717) is 10.8 Å². The molecule has 1 aromatic rings. The van der Waals surface area contributed by atoms with E-state index >= 15 is 0 Å². The molecule has 0 bridgehead atoms. The van der Waals surface area contributed by atoms with E-state index in [2.05, 4.69) is 24.1 Å². The number of rotatable bonds is 5. The topological polar surface area (TPSA) is 86.7 Å². The molecule has 0 aromatic carbocycles. The van der Waals surface area contributed by atoms with Crippen LogP contribution in [-0.4, -0.2) is 36.5 Å². The van der Waals surface area contributed by atoms with E-state index in [1.54, 1.807) is 6.07 Å². The van der Waals surface area contributed by atoms with E-state index in [1.165, 1.54) is 11.9 Å². The lowest BCUT2D eigenvalue weighted by molar-refractivity contribution is -0.126. The Labute approximate surface area is 176 Å². The number of carboxylic acid groups (broad SMARTS) is 1. The number of anilines is 1. The maximum atomic E-state index is 13.3. The molecule has 1 aromatic heterocycles. The van der Waals surface area contributed by atoms with Gasteiger partial charge in [0.1, 0.15) is 11.4 Å². The van der Waals surface area contributed by atoms with Crippen LogP contribution in [0.25, 0.3) is 0 Å². The Balaban J connectivity index is 2.44. The van der Waals surface area contributed by atoms with E-state index in [4.69, 9.17) is 0 Å². The standard InChI is InChI=1S/C22H30N2O4S/c1-14-6-8-15(9-7-14)20(26)24(13-18(25)23-5)17-12-16(10-11-22(2,3)4)29-19(17)21(27)28/h12,14-15H,6-9,13H2,1-5H3,(H,23,25)(H,27,28). The molecule has 29 heavy (non-hydrogen) atoms. The van der Waals surface area contributed by atoms with Crippen LogP contribution in [0.3, 0.4) is 0 Å². The number of hydrogen-bond donors (Lipinski definition) is 2. The highest BCUT2D eigenvalue weighted by Crippen LogP contribution is 2.35. The van der Waals surface area contributed by atoms with Gasteiger partial charge < -0.3 is 15.3 Å². The summed E-state index contributed by atoms with van der Waals surface area (Å²) in [5, 5.41) is 12.2. The van der Waals surface area contributed by atoms with Gasteiger partial charge in [-0.25, -0.2) is 4.79 Å². The third-order valence-electron chi connectivity index (χ3n) is 4.97. The number of likely N-dealkylation sites (N-methyl/N-ethyl adjacent to an activating group) is 1. The van der Waals surface area contributed by atoms with Crippen LogP contribution in [0, 0.1) is 29.1 Å². The lowest BCUT2D eigenvalue weighted by atomic mass is 9.82. The largest absolute Gasteiger partial charge is 0.477 e. The highest BCUT2D eigenvalue weighted by molar-refractivity contribution is 7.15. The lowest BCUT2D eigenvalue weighted by Crippen LogP contribution is -2.44. The van der Waals surface area contributed by atoms with E-state index in [-0.39, 0.29) is 40.3 Å². The fourth-order valence-corrected chi connectivity index (χ4v) is 4.13. The third-order valence-corrected chi connectivity index (χ3v) is 6.00. The Morgan fingerprint density at radius 2 is 1.86 bits per heavy atom. The van der Waals surface area contributed by atoms with Crippen molar-refractivity contribution in [1.29, 1.82) is 0 Å². The number of carboxylic acids is 1. The number of amides is 2. The molecule has 1 aliphatic rings. The molecule has 158 valence electrons. The minimum absolute atomic E-state index is 0.0321. The summed E-state index contributed by atoms with van der Waals surface area (Å²) in [5.74, 6) is 4.85. The normalized spacial score (nSPS) is 19.1. The van der Waals surface area contributed by atoms with Gasteiger partial charge in [-0.3, -0.25) is 9.59 Å². The Kier molecular flexibility index (Phi) is 7.48.